The van der Waals surface area contributed by atoms with E-state index < -0.39 is 0 Å². The first-order valence-electron chi connectivity index (χ1n) is 6.79. The number of aryl methyl sites for hydroxylation is 1. The molecule has 5 heteroatoms. The van der Waals surface area contributed by atoms with Gasteiger partial charge in [0, 0.05) is 6.07 Å². The molecule has 5 nitrogen and oxygen atoms in total. The van der Waals surface area contributed by atoms with Gasteiger partial charge < -0.3 is 9.47 Å². The fourth-order valence-corrected chi connectivity index (χ4v) is 2.62. The number of rotatable bonds is 3. The molecular weight excluding hydrogens is 282 g/mol. The van der Waals surface area contributed by atoms with E-state index in [2.05, 4.69) is 0 Å². The Balaban J connectivity index is 2.14. The van der Waals surface area contributed by atoms with Crippen LogP contribution in [-0.2, 0) is 0 Å². The minimum Gasteiger partial charge on any atom is -0.493 e. The highest BCUT2D eigenvalue weighted by Crippen LogP contribution is 2.37. The minimum atomic E-state index is -0.323. The largest absolute Gasteiger partial charge is 0.493 e. The maximum absolute atomic E-state index is 12.5. The molecular formula is C17H15NO4. The second-order valence-corrected chi connectivity index (χ2v) is 4.98. The van der Waals surface area contributed by atoms with Crippen molar-refractivity contribution in [2.45, 2.75) is 6.92 Å². The van der Waals surface area contributed by atoms with Crippen molar-refractivity contribution < 1.29 is 19.1 Å². The molecule has 0 saturated heterocycles. The quantitative estimate of drug-likeness (QED) is 0.817. The van der Waals surface area contributed by atoms with E-state index in [4.69, 9.17) is 9.47 Å². The highest BCUT2D eigenvalue weighted by atomic mass is 16.5. The molecule has 0 saturated carbocycles. The normalized spacial score (nSPS) is 13.3. The van der Waals surface area contributed by atoms with Gasteiger partial charge in [0.2, 0.25) is 0 Å². The Morgan fingerprint density at radius 3 is 1.86 bits per heavy atom. The average molecular weight is 297 g/mol. The van der Waals surface area contributed by atoms with Crippen LogP contribution in [0.5, 0.6) is 11.5 Å². The lowest BCUT2D eigenvalue weighted by atomic mass is 10.1. The summed E-state index contributed by atoms with van der Waals surface area (Å²) in [7, 11) is 3.05. The van der Waals surface area contributed by atoms with Crippen molar-refractivity contribution in [1.82, 2.24) is 0 Å². The number of carbonyl (C=O) groups excluding carboxylic acids is 2. The zero-order valence-corrected chi connectivity index (χ0v) is 12.5. The lowest BCUT2D eigenvalue weighted by Gasteiger charge is -2.19. The number of fused-ring (bicyclic) bond motifs is 1. The second-order valence-electron chi connectivity index (χ2n) is 4.98. The van der Waals surface area contributed by atoms with Gasteiger partial charge >= 0.3 is 0 Å². The Morgan fingerprint density at radius 2 is 1.36 bits per heavy atom. The van der Waals surface area contributed by atoms with Crippen LogP contribution in [0, 0.1) is 6.92 Å². The molecule has 0 bridgehead atoms. The maximum atomic E-state index is 12.5. The third-order valence-electron chi connectivity index (χ3n) is 3.74. The van der Waals surface area contributed by atoms with Gasteiger partial charge in [0.25, 0.3) is 11.8 Å². The predicted molar refractivity (Wildman–Crippen MR) is 81.9 cm³/mol. The van der Waals surface area contributed by atoms with E-state index in [0.717, 1.165) is 5.56 Å². The fraction of sp³-hybridized carbons (Fsp3) is 0.176. The molecule has 1 aliphatic heterocycles. The van der Waals surface area contributed by atoms with Gasteiger partial charge in [-0.15, -0.1) is 0 Å². The van der Waals surface area contributed by atoms with Crippen molar-refractivity contribution >= 4 is 17.5 Å². The summed E-state index contributed by atoms with van der Waals surface area (Å²) >= 11 is 0. The van der Waals surface area contributed by atoms with Crippen LogP contribution >= 0.6 is 0 Å². The third-order valence-corrected chi connectivity index (χ3v) is 3.74. The number of anilines is 1. The molecule has 112 valence electrons. The molecule has 0 N–H and O–H groups in total. The van der Waals surface area contributed by atoms with Crippen LogP contribution < -0.4 is 14.4 Å². The summed E-state index contributed by atoms with van der Waals surface area (Å²) in [5.74, 6) is 0.381. The van der Waals surface area contributed by atoms with E-state index in [9.17, 15) is 9.59 Å². The lowest BCUT2D eigenvalue weighted by molar-refractivity contribution is 0.0926. The highest BCUT2D eigenvalue weighted by molar-refractivity contribution is 6.34. The first-order valence-corrected chi connectivity index (χ1v) is 6.79. The van der Waals surface area contributed by atoms with Crippen LogP contribution in [0.4, 0.5) is 5.69 Å². The molecule has 22 heavy (non-hydrogen) atoms. The Kier molecular flexibility index (Phi) is 3.33. The van der Waals surface area contributed by atoms with Gasteiger partial charge in [-0.2, -0.15) is 0 Å². The standard InChI is InChI=1S/C17H15NO4/c1-10-8-14(21-2)15(22-3)9-13(10)18-16(19)11-6-4-5-7-12(11)17(18)20/h4-9H,1-3H3. The van der Waals surface area contributed by atoms with Crippen LogP contribution in [0.15, 0.2) is 36.4 Å². The predicted octanol–water partition coefficient (Wildman–Crippen LogP) is 2.81. The van der Waals surface area contributed by atoms with Crippen LogP contribution in [-0.4, -0.2) is 26.0 Å². The molecule has 1 aliphatic rings. The highest BCUT2D eigenvalue weighted by Gasteiger charge is 2.37. The third kappa shape index (κ3) is 1.94. The molecule has 0 aromatic heterocycles. The Hall–Kier alpha value is -2.82. The van der Waals surface area contributed by atoms with E-state index in [-0.39, 0.29) is 11.8 Å². The first-order chi connectivity index (χ1) is 10.6. The van der Waals surface area contributed by atoms with Gasteiger partial charge in [0.1, 0.15) is 0 Å². The van der Waals surface area contributed by atoms with Crippen LogP contribution in [0.1, 0.15) is 26.3 Å². The fourth-order valence-electron chi connectivity index (χ4n) is 2.62. The minimum absolute atomic E-state index is 0.323. The van der Waals surface area contributed by atoms with Crippen LogP contribution in [0.2, 0.25) is 0 Å². The molecule has 0 aliphatic carbocycles. The second kappa shape index (κ2) is 5.18. The number of amides is 2. The van der Waals surface area contributed by atoms with E-state index in [1.807, 2.05) is 6.92 Å². The number of nitrogens with zero attached hydrogens (tertiary/aromatic N) is 1. The lowest BCUT2D eigenvalue weighted by Crippen LogP contribution is -2.30. The summed E-state index contributed by atoms with van der Waals surface area (Å²) in [6.07, 6.45) is 0. The summed E-state index contributed by atoms with van der Waals surface area (Å²) in [6.45, 7) is 1.82. The van der Waals surface area contributed by atoms with Crippen molar-refractivity contribution in [1.29, 1.82) is 0 Å². The van der Waals surface area contributed by atoms with Crippen molar-refractivity contribution in [3.63, 3.8) is 0 Å². The number of methoxy groups -OCH3 is 2. The SMILES string of the molecule is COc1cc(C)c(N2C(=O)c3ccccc3C2=O)cc1OC. The summed E-state index contributed by atoms with van der Waals surface area (Å²) in [5, 5.41) is 0. The molecule has 0 fully saturated rings. The van der Waals surface area contributed by atoms with Gasteiger partial charge in [-0.25, -0.2) is 4.90 Å². The number of benzene rings is 2. The topological polar surface area (TPSA) is 55.8 Å². The molecule has 3 rings (SSSR count). The number of carbonyl (C=O) groups is 2. The monoisotopic (exact) mass is 297 g/mol. The Morgan fingerprint density at radius 1 is 0.864 bits per heavy atom. The molecule has 1 heterocycles. The summed E-state index contributed by atoms with van der Waals surface area (Å²) in [4.78, 5) is 26.3. The van der Waals surface area contributed by atoms with Crippen molar-refractivity contribution in [3.05, 3.63) is 53.1 Å². The Labute approximate surface area is 128 Å². The molecule has 2 amide bonds. The van der Waals surface area contributed by atoms with Gasteiger partial charge in [0.05, 0.1) is 31.0 Å². The molecule has 0 unspecified atom stereocenters. The van der Waals surface area contributed by atoms with E-state index in [1.165, 1.54) is 12.0 Å². The average Bonchev–Trinajstić information content (AvgIpc) is 2.79. The maximum Gasteiger partial charge on any atom is 0.266 e. The Bertz CT molecular complexity index is 747. The molecule has 2 aromatic carbocycles. The number of ether oxygens (including phenoxy) is 2. The molecule has 0 atom stereocenters. The van der Waals surface area contributed by atoms with Crippen molar-refractivity contribution in [2.24, 2.45) is 0 Å². The van der Waals surface area contributed by atoms with Gasteiger partial charge in [-0.05, 0) is 30.7 Å². The summed E-state index contributed by atoms with van der Waals surface area (Å²) in [6, 6.07) is 10.2. The zero-order valence-electron chi connectivity index (χ0n) is 12.5. The van der Waals surface area contributed by atoms with Gasteiger partial charge in [-0.3, -0.25) is 9.59 Å². The van der Waals surface area contributed by atoms with Gasteiger partial charge in [0.15, 0.2) is 11.5 Å². The van der Waals surface area contributed by atoms with Crippen molar-refractivity contribution in [3.8, 4) is 11.5 Å². The first kappa shape index (κ1) is 14.1. The molecule has 0 spiro atoms. The van der Waals surface area contributed by atoms with Crippen LogP contribution in [0.3, 0.4) is 0 Å². The van der Waals surface area contributed by atoms with Crippen LogP contribution in [0.25, 0.3) is 0 Å². The number of hydrogen-bond acceptors (Lipinski definition) is 4. The number of imide groups is 1. The zero-order chi connectivity index (χ0) is 15.9. The van der Waals surface area contributed by atoms with Gasteiger partial charge in [-0.1, -0.05) is 12.1 Å². The number of hydrogen-bond donors (Lipinski definition) is 0. The summed E-state index contributed by atoms with van der Waals surface area (Å²) < 4.78 is 10.5. The summed E-state index contributed by atoms with van der Waals surface area (Å²) in [5.41, 5.74) is 2.10. The smallest absolute Gasteiger partial charge is 0.266 e. The molecule has 2 aromatic rings. The van der Waals surface area contributed by atoms with E-state index in [1.54, 1.807) is 43.5 Å². The van der Waals surface area contributed by atoms with E-state index >= 15 is 0 Å². The van der Waals surface area contributed by atoms with E-state index in [0.29, 0.717) is 28.3 Å². The van der Waals surface area contributed by atoms with Crippen molar-refractivity contribution in [2.75, 3.05) is 19.1 Å². The molecule has 0 radical (unpaired) electrons.